The van der Waals surface area contributed by atoms with Gasteiger partial charge in [-0.3, -0.25) is 4.79 Å². The van der Waals surface area contributed by atoms with Crippen LogP contribution in [0.25, 0.3) is 0 Å². The first kappa shape index (κ1) is 20.1. The lowest BCUT2D eigenvalue weighted by atomic mass is 9.77. The molecule has 1 aliphatic heterocycles. The molecule has 26 heavy (non-hydrogen) atoms. The molecule has 0 aromatic heterocycles. The van der Waals surface area contributed by atoms with E-state index < -0.39 is 26.0 Å². The molecule has 3 rings (SSSR count). The van der Waals surface area contributed by atoms with Crippen LogP contribution in [0.15, 0.2) is 36.4 Å². The Morgan fingerprint density at radius 3 is 2.54 bits per heavy atom. The normalized spacial score (nSPS) is 12.2. The third kappa shape index (κ3) is 5.37. The van der Waals surface area contributed by atoms with E-state index in [1.807, 2.05) is 0 Å². The zero-order valence-corrected chi connectivity index (χ0v) is 13.9. The largest absolute Gasteiger partial charge is 0.491 e. The number of hydrogen-bond acceptors (Lipinski definition) is 6. The van der Waals surface area contributed by atoms with Gasteiger partial charge in [0.1, 0.15) is 18.2 Å². The highest BCUT2D eigenvalue weighted by Crippen LogP contribution is 2.10. The van der Waals surface area contributed by atoms with E-state index in [1.54, 1.807) is 6.07 Å². The van der Waals surface area contributed by atoms with Gasteiger partial charge in [0.15, 0.2) is 0 Å². The van der Waals surface area contributed by atoms with Crippen LogP contribution < -0.4 is 10.9 Å². The van der Waals surface area contributed by atoms with Crippen LogP contribution in [0, 0.1) is 11.6 Å². The van der Waals surface area contributed by atoms with Crippen molar-refractivity contribution in [2.45, 2.75) is 20.1 Å². The van der Waals surface area contributed by atoms with E-state index in [-0.39, 0.29) is 23.5 Å². The number of rotatable bonds is 3. The fraction of sp³-hybridized carbons (Fsp3) is 0.188. The number of fused-ring (bicyclic) bond motifs is 1. The number of ether oxygens (including phenoxy) is 1. The van der Waals surface area contributed by atoms with Crippen LogP contribution in [0.3, 0.4) is 0 Å². The first-order valence-electron chi connectivity index (χ1n) is 7.63. The summed E-state index contributed by atoms with van der Waals surface area (Å²) in [5, 5.41) is 27.0. The molecule has 0 fully saturated rings. The van der Waals surface area contributed by atoms with Crippen molar-refractivity contribution in [1.82, 2.24) is 0 Å². The van der Waals surface area contributed by atoms with Crippen molar-refractivity contribution in [3.63, 3.8) is 0 Å². The van der Waals surface area contributed by atoms with Crippen LogP contribution in [0.1, 0.15) is 18.1 Å². The Hall–Kier alpha value is -2.26. The maximum atomic E-state index is 12.8. The Bertz CT molecular complexity index is 787. The second-order valence-electron chi connectivity index (χ2n) is 5.50. The molecule has 2 aromatic carbocycles. The molecule has 3 N–H and O–H groups in total. The molecule has 0 spiro atoms. The van der Waals surface area contributed by atoms with Crippen LogP contribution in [-0.4, -0.2) is 35.3 Å². The first-order chi connectivity index (χ1) is 12.3. The summed E-state index contributed by atoms with van der Waals surface area (Å²) in [6.07, 6.45) is 0. The zero-order valence-electron chi connectivity index (χ0n) is 13.9. The highest BCUT2D eigenvalue weighted by Gasteiger charge is 2.26. The monoisotopic (exact) mass is 364 g/mol. The smallest absolute Gasteiger partial charge is 0.461 e. The Morgan fingerprint density at radius 1 is 1.23 bits per heavy atom. The second-order valence-corrected chi connectivity index (χ2v) is 5.50. The van der Waals surface area contributed by atoms with Crippen molar-refractivity contribution in [2.75, 3.05) is 0 Å². The van der Waals surface area contributed by atoms with Crippen LogP contribution in [0.5, 0.6) is 0 Å². The molecule has 136 valence electrons. The number of benzene rings is 2. The van der Waals surface area contributed by atoms with E-state index >= 15 is 0 Å². The number of halogens is 2. The molecule has 0 aliphatic carbocycles. The topological polar surface area (TPSA) is 96.2 Å². The average Bonchev–Trinajstić information content (AvgIpc) is 2.93. The lowest BCUT2D eigenvalue weighted by Crippen LogP contribution is -2.33. The van der Waals surface area contributed by atoms with Crippen molar-refractivity contribution in [3.8, 4) is 0 Å². The van der Waals surface area contributed by atoms with Gasteiger partial charge in [-0.25, -0.2) is 8.78 Å². The molecule has 0 saturated heterocycles. The summed E-state index contributed by atoms with van der Waals surface area (Å²) in [7, 11) is -2.58. The molecule has 6 nitrogen and oxygen atoms in total. The molecule has 1 aliphatic rings. The van der Waals surface area contributed by atoms with Crippen LogP contribution in [0.4, 0.5) is 8.78 Å². The van der Waals surface area contributed by atoms with E-state index in [1.165, 1.54) is 25.1 Å². The summed E-state index contributed by atoms with van der Waals surface area (Å²) in [5.74, 6) is -1.33. The van der Waals surface area contributed by atoms with Gasteiger partial charge in [0.2, 0.25) is 0 Å². The van der Waals surface area contributed by atoms with Crippen molar-refractivity contribution in [1.29, 1.82) is 0 Å². The van der Waals surface area contributed by atoms with E-state index in [0.29, 0.717) is 12.1 Å². The van der Waals surface area contributed by atoms with E-state index in [9.17, 15) is 13.6 Å². The van der Waals surface area contributed by atoms with E-state index in [2.05, 4.69) is 4.74 Å². The first-order valence-corrected chi connectivity index (χ1v) is 7.63. The minimum atomic E-state index is -1.71. The predicted molar refractivity (Wildman–Crippen MR) is 90.5 cm³/mol. The molecule has 0 atom stereocenters. The zero-order chi connectivity index (χ0) is 19.3. The number of carbonyl (C=O) groups excluding carboxylic acids is 1. The molecule has 0 radical (unpaired) electrons. The standard InChI is InChI=1S/C9H10BFO4.C7H6BFO2/c1-6(12)15-5-7-4-8(11)2-3-9(7)10(13)14;9-6-1-2-7-5(3-6)4-11-8(7)10/h2-4,13-14H,5H2,1H3;1-3,10H,4H2. The fourth-order valence-electron chi connectivity index (χ4n) is 2.33. The number of esters is 1. The minimum Gasteiger partial charge on any atom is -0.461 e. The van der Waals surface area contributed by atoms with Crippen LogP contribution >= 0.6 is 0 Å². The third-order valence-electron chi connectivity index (χ3n) is 3.58. The van der Waals surface area contributed by atoms with Crippen LogP contribution in [0.2, 0.25) is 0 Å². The SMILES string of the molecule is CC(=O)OCc1cc(F)ccc1B(O)O.OB1OCc2cc(F)ccc21. The van der Waals surface area contributed by atoms with E-state index in [0.717, 1.165) is 17.7 Å². The highest BCUT2D eigenvalue weighted by atomic mass is 19.1. The van der Waals surface area contributed by atoms with Crippen LogP contribution in [-0.2, 0) is 27.4 Å². The van der Waals surface area contributed by atoms with Crippen molar-refractivity contribution in [2.24, 2.45) is 0 Å². The molecule has 10 heteroatoms. The highest BCUT2D eigenvalue weighted by molar-refractivity contribution is 6.61. The molecule has 0 saturated carbocycles. The maximum Gasteiger partial charge on any atom is 0.491 e. The Labute approximate surface area is 149 Å². The summed E-state index contributed by atoms with van der Waals surface area (Å²) < 4.78 is 34.9. The third-order valence-corrected chi connectivity index (χ3v) is 3.58. The van der Waals surface area contributed by atoms with Gasteiger partial charge in [0, 0.05) is 6.92 Å². The fourth-order valence-corrected chi connectivity index (χ4v) is 2.33. The van der Waals surface area contributed by atoms with Gasteiger partial charge in [0.05, 0.1) is 6.61 Å². The molecule has 2 aromatic rings. The minimum absolute atomic E-state index is 0.123. The van der Waals surface area contributed by atoms with Crippen molar-refractivity contribution < 1.29 is 38.0 Å². The molecular formula is C16H16B2F2O6. The van der Waals surface area contributed by atoms with Crippen molar-refractivity contribution >= 4 is 31.1 Å². The van der Waals surface area contributed by atoms with Gasteiger partial charge in [-0.15, -0.1) is 0 Å². The van der Waals surface area contributed by atoms with Gasteiger partial charge in [0.25, 0.3) is 0 Å². The van der Waals surface area contributed by atoms with Gasteiger partial charge >= 0.3 is 20.2 Å². The summed E-state index contributed by atoms with van der Waals surface area (Å²) in [6, 6.07) is 7.67. The summed E-state index contributed by atoms with van der Waals surface area (Å²) in [5.41, 5.74) is 1.77. The molecular weight excluding hydrogens is 348 g/mol. The summed E-state index contributed by atoms with van der Waals surface area (Å²) >= 11 is 0. The number of carbonyl (C=O) groups is 1. The lowest BCUT2D eigenvalue weighted by molar-refractivity contribution is -0.142. The quantitative estimate of drug-likeness (QED) is 0.508. The van der Waals surface area contributed by atoms with Gasteiger partial charge < -0.3 is 24.5 Å². The van der Waals surface area contributed by atoms with Crippen molar-refractivity contribution in [3.05, 3.63) is 59.2 Å². The average molecular weight is 364 g/mol. The van der Waals surface area contributed by atoms with E-state index in [4.69, 9.17) is 19.7 Å². The predicted octanol–water partition coefficient (Wildman–Crippen LogP) is -0.388. The Balaban J connectivity index is 0.000000195. The molecule has 0 bridgehead atoms. The van der Waals surface area contributed by atoms with Gasteiger partial charge in [-0.1, -0.05) is 12.1 Å². The number of hydrogen-bond donors (Lipinski definition) is 3. The summed E-state index contributed by atoms with van der Waals surface area (Å²) in [4.78, 5) is 10.5. The Kier molecular flexibility index (Phi) is 6.87. The molecule has 1 heterocycles. The Morgan fingerprint density at radius 2 is 1.88 bits per heavy atom. The molecule has 0 unspecified atom stereocenters. The maximum absolute atomic E-state index is 12.8. The molecule has 0 amide bonds. The lowest BCUT2D eigenvalue weighted by Gasteiger charge is -2.08. The second kappa shape index (κ2) is 8.91. The van der Waals surface area contributed by atoms with Gasteiger partial charge in [-0.2, -0.15) is 0 Å². The summed E-state index contributed by atoms with van der Waals surface area (Å²) in [6.45, 7) is 1.34. The van der Waals surface area contributed by atoms with Gasteiger partial charge in [-0.05, 0) is 46.3 Å².